The van der Waals surface area contributed by atoms with Gasteiger partial charge in [0, 0.05) is 31.4 Å². The minimum Gasteiger partial charge on any atom is -0.414 e. The molecule has 0 spiro atoms. The number of aldehydes is 1. The van der Waals surface area contributed by atoms with Crippen LogP contribution in [0.1, 0.15) is 104 Å². The van der Waals surface area contributed by atoms with E-state index in [-0.39, 0.29) is 42.8 Å². The molecule has 0 bridgehead atoms. The van der Waals surface area contributed by atoms with Crippen LogP contribution in [0.15, 0.2) is 24.3 Å². The van der Waals surface area contributed by atoms with Gasteiger partial charge < -0.3 is 29.9 Å². The van der Waals surface area contributed by atoms with Gasteiger partial charge in [-0.1, -0.05) is 72.4 Å². The second kappa shape index (κ2) is 16.5. The number of aliphatic hydroxyl groups is 1. The summed E-state index contributed by atoms with van der Waals surface area (Å²) in [6.45, 7) is 16.6. The SMILES string of the molecule is C#Cc1ccc(C(CO[Si](C)(C)C(C)(C)C)NC(=O)[C@@H]2C[C@@H](O)CN2C(=O)C(NC(=O)CCCCCCC=O)C(C)(C)C)cc1. The maximum Gasteiger partial charge on any atom is 0.246 e. The van der Waals surface area contributed by atoms with Gasteiger partial charge in [-0.2, -0.15) is 0 Å². The van der Waals surface area contributed by atoms with Gasteiger partial charge in [0.05, 0.1) is 18.8 Å². The number of aliphatic hydroxyl groups excluding tert-OH is 1. The molecule has 1 aliphatic heterocycles. The number of unbranched alkanes of at least 4 members (excludes halogenated alkanes) is 4. The van der Waals surface area contributed by atoms with Crippen molar-refractivity contribution in [3.05, 3.63) is 35.4 Å². The molecule has 2 unspecified atom stereocenters. The van der Waals surface area contributed by atoms with Crippen molar-refractivity contribution in [2.75, 3.05) is 13.2 Å². The number of nitrogens with zero attached hydrogens (tertiary/aromatic N) is 1. The summed E-state index contributed by atoms with van der Waals surface area (Å²) in [5.74, 6) is 1.58. The highest BCUT2D eigenvalue weighted by Crippen LogP contribution is 2.37. The molecule has 0 radical (unpaired) electrons. The lowest BCUT2D eigenvalue weighted by molar-refractivity contribution is -0.144. The van der Waals surface area contributed by atoms with Gasteiger partial charge in [-0.25, -0.2) is 0 Å². The number of likely N-dealkylation sites (tertiary alicyclic amines) is 1. The molecule has 1 aromatic rings. The number of β-amino-alcohol motifs (C(OH)–C–C–N with tert-alkyl or cyclic N) is 1. The van der Waals surface area contributed by atoms with E-state index in [2.05, 4.69) is 50.4 Å². The van der Waals surface area contributed by atoms with Gasteiger partial charge in [-0.05, 0) is 54.1 Å². The Balaban J connectivity index is 2.23. The lowest BCUT2D eigenvalue weighted by Crippen LogP contribution is -2.58. The molecule has 2 rings (SSSR count). The number of nitrogens with one attached hydrogen (secondary N) is 2. The van der Waals surface area contributed by atoms with Gasteiger partial charge in [0.1, 0.15) is 18.4 Å². The van der Waals surface area contributed by atoms with Crippen molar-refractivity contribution in [1.29, 1.82) is 0 Å². The van der Waals surface area contributed by atoms with Crippen molar-refractivity contribution in [2.24, 2.45) is 5.41 Å². The summed E-state index contributed by atoms with van der Waals surface area (Å²) in [4.78, 5) is 52.6. The number of hydrogen-bond acceptors (Lipinski definition) is 6. The Morgan fingerprint density at radius 3 is 2.24 bits per heavy atom. The minimum atomic E-state index is -2.16. The van der Waals surface area contributed by atoms with Crippen LogP contribution in [-0.4, -0.2) is 73.7 Å². The standard InChI is InChI=1S/C35H55N3O6Si/c1-10-25-17-19-26(20-18-25)28(24-44-45(8,9)35(5,6)7)36-32(42)29-22-27(40)23-38(29)33(43)31(34(2,3)4)37-30(41)16-14-12-11-13-15-21-39/h1,17-21,27-29,31,40H,11-16,22-24H2,2-9H3,(H,36,42)(H,37,41)/t27-,28?,29+,31?/m1/s1. The Kier molecular flexibility index (Phi) is 14.0. The summed E-state index contributed by atoms with van der Waals surface area (Å²) in [7, 11) is -2.16. The van der Waals surface area contributed by atoms with E-state index in [1.54, 1.807) is 0 Å². The highest BCUT2D eigenvalue weighted by Gasteiger charge is 2.45. The first-order valence-electron chi connectivity index (χ1n) is 16.1. The van der Waals surface area contributed by atoms with Crippen LogP contribution in [-0.2, 0) is 23.6 Å². The molecule has 10 heteroatoms. The molecule has 4 atom stereocenters. The van der Waals surface area contributed by atoms with E-state index in [1.165, 1.54) is 4.90 Å². The molecular formula is C35H55N3O6Si. The van der Waals surface area contributed by atoms with Crippen molar-refractivity contribution in [3.63, 3.8) is 0 Å². The molecular weight excluding hydrogens is 586 g/mol. The Bertz CT molecular complexity index is 1200. The van der Waals surface area contributed by atoms with Crippen LogP contribution < -0.4 is 10.6 Å². The van der Waals surface area contributed by atoms with Gasteiger partial charge in [-0.15, -0.1) is 6.42 Å². The fraction of sp³-hybridized carbons (Fsp3) is 0.657. The van der Waals surface area contributed by atoms with E-state index >= 15 is 0 Å². The van der Waals surface area contributed by atoms with Crippen molar-refractivity contribution in [2.45, 2.75) is 129 Å². The van der Waals surface area contributed by atoms with Gasteiger partial charge in [-0.3, -0.25) is 14.4 Å². The summed E-state index contributed by atoms with van der Waals surface area (Å²) in [6, 6.07) is 5.08. The van der Waals surface area contributed by atoms with Crippen LogP contribution in [0.3, 0.4) is 0 Å². The summed E-state index contributed by atoms with van der Waals surface area (Å²) in [5, 5.41) is 16.6. The largest absolute Gasteiger partial charge is 0.414 e. The number of benzene rings is 1. The van der Waals surface area contributed by atoms with Crippen molar-refractivity contribution in [3.8, 4) is 12.3 Å². The molecule has 45 heavy (non-hydrogen) atoms. The molecule has 3 N–H and O–H groups in total. The van der Waals surface area contributed by atoms with Crippen molar-refractivity contribution < 1.29 is 28.7 Å². The number of terminal acetylenes is 1. The predicted octanol–water partition coefficient (Wildman–Crippen LogP) is 4.88. The van der Waals surface area contributed by atoms with Gasteiger partial charge in [0.2, 0.25) is 17.7 Å². The third-order valence-corrected chi connectivity index (χ3v) is 13.5. The normalized spacial score (nSPS) is 18.5. The van der Waals surface area contributed by atoms with Crippen molar-refractivity contribution in [1.82, 2.24) is 15.5 Å². The monoisotopic (exact) mass is 641 g/mol. The van der Waals surface area contributed by atoms with Crippen LogP contribution in [0, 0.1) is 17.8 Å². The van der Waals surface area contributed by atoms with E-state index in [1.807, 2.05) is 45.0 Å². The molecule has 1 saturated heterocycles. The molecule has 250 valence electrons. The first-order chi connectivity index (χ1) is 20.9. The average molecular weight is 642 g/mol. The maximum absolute atomic E-state index is 14.0. The number of amides is 3. The first-order valence-corrected chi connectivity index (χ1v) is 19.0. The zero-order chi connectivity index (χ0) is 34.0. The molecule has 1 heterocycles. The Morgan fingerprint density at radius 1 is 1.07 bits per heavy atom. The fourth-order valence-electron chi connectivity index (χ4n) is 5.03. The predicted molar refractivity (Wildman–Crippen MR) is 180 cm³/mol. The third kappa shape index (κ3) is 11.4. The molecule has 9 nitrogen and oxygen atoms in total. The fourth-order valence-corrected chi connectivity index (χ4v) is 6.05. The topological polar surface area (TPSA) is 125 Å². The summed E-state index contributed by atoms with van der Waals surface area (Å²) >= 11 is 0. The van der Waals surface area contributed by atoms with Crippen LogP contribution in [0.4, 0.5) is 0 Å². The van der Waals surface area contributed by atoms with E-state index < -0.39 is 43.9 Å². The quantitative estimate of drug-likeness (QED) is 0.109. The summed E-state index contributed by atoms with van der Waals surface area (Å²) in [5.41, 5.74) is 0.908. The third-order valence-electron chi connectivity index (χ3n) is 8.97. The average Bonchev–Trinajstić information content (AvgIpc) is 3.36. The van der Waals surface area contributed by atoms with E-state index in [4.69, 9.17) is 10.8 Å². The molecule has 3 amide bonds. The molecule has 1 aliphatic rings. The number of rotatable bonds is 15. The molecule has 0 aromatic heterocycles. The second-order valence-corrected chi connectivity index (χ2v) is 19.6. The van der Waals surface area contributed by atoms with Crippen LogP contribution in [0.2, 0.25) is 18.1 Å². The molecule has 1 fully saturated rings. The lowest BCUT2D eigenvalue weighted by Gasteiger charge is -2.38. The summed E-state index contributed by atoms with van der Waals surface area (Å²) in [6.07, 6.45) is 9.60. The molecule has 0 saturated carbocycles. The van der Waals surface area contributed by atoms with Crippen molar-refractivity contribution >= 4 is 32.3 Å². The molecule has 0 aliphatic carbocycles. The highest BCUT2D eigenvalue weighted by atomic mass is 28.4. The lowest BCUT2D eigenvalue weighted by atomic mass is 9.85. The number of carbonyl (C=O) groups is 4. The van der Waals surface area contributed by atoms with E-state index in [9.17, 15) is 24.3 Å². The second-order valence-electron chi connectivity index (χ2n) is 14.8. The van der Waals surface area contributed by atoms with Crippen LogP contribution in [0.25, 0.3) is 0 Å². The van der Waals surface area contributed by atoms with E-state index in [0.29, 0.717) is 12.8 Å². The van der Waals surface area contributed by atoms with Crippen LogP contribution in [0.5, 0.6) is 0 Å². The van der Waals surface area contributed by atoms with Crippen LogP contribution >= 0.6 is 0 Å². The zero-order valence-electron chi connectivity index (χ0n) is 28.6. The number of carbonyl (C=O) groups excluding carboxylic acids is 4. The van der Waals surface area contributed by atoms with Gasteiger partial charge in [0.25, 0.3) is 0 Å². The summed E-state index contributed by atoms with van der Waals surface area (Å²) < 4.78 is 6.50. The molecule has 1 aromatic carbocycles. The smallest absolute Gasteiger partial charge is 0.246 e. The Morgan fingerprint density at radius 2 is 1.69 bits per heavy atom. The highest BCUT2D eigenvalue weighted by molar-refractivity contribution is 6.74. The minimum absolute atomic E-state index is 0.00188. The first kappa shape index (κ1) is 38.2. The Labute approximate surface area is 271 Å². The van der Waals surface area contributed by atoms with E-state index in [0.717, 1.165) is 36.7 Å². The zero-order valence-corrected chi connectivity index (χ0v) is 29.6. The Hall–Kier alpha value is -3.00. The van der Waals surface area contributed by atoms with Gasteiger partial charge in [0.15, 0.2) is 8.32 Å². The van der Waals surface area contributed by atoms with Gasteiger partial charge >= 0.3 is 0 Å². The number of hydrogen-bond donors (Lipinski definition) is 3. The maximum atomic E-state index is 14.0.